The highest BCUT2D eigenvalue weighted by atomic mass is 35.5. The van der Waals surface area contributed by atoms with Crippen LogP contribution >= 0.6 is 11.6 Å². The Bertz CT molecular complexity index is 804. The largest absolute Gasteiger partial charge is 0.295 e. The number of rotatable bonds is 4. The maximum atomic E-state index is 12.8. The van der Waals surface area contributed by atoms with Crippen LogP contribution < -0.4 is 0 Å². The molecule has 1 saturated heterocycles. The van der Waals surface area contributed by atoms with Crippen molar-refractivity contribution in [2.75, 3.05) is 26.2 Å². The van der Waals surface area contributed by atoms with Gasteiger partial charge in [0.05, 0.1) is 10.7 Å². The van der Waals surface area contributed by atoms with Crippen LogP contribution in [0.15, 0.2) is 47.5 Å². The summed E-state index contributed by atoms with van der Waals surface area (Å²) in [7, 11) is -3.55. The summed E-state index contributed by atoms with van der Waals surface area (Å²) in [5.74, 6) is 0. The van der Waals surface area contributed by atoms with Crippen molar-refractivity contribution in [1.29, 1.82) is 0 Å². The SMILES string of the molecule is Cc1ccc(S(=O)(=O)N2CCN(Cc3ccccn3)CC2)c(Cl)c1. The number of nitrogens with zero attached hydrogens (tertiary/aromatic N) is 3. The monoisotopic (exact) mass is 365 g/mol. The lowest BCUT2D eigenvalue weighted by Crippen LogP contribution is -2.48. The van der Waals surface area contributed by atoms with Gasteiger partial charge in [0.2, 0.25) is 10.0 Å². The molecule has 0 atom stereocenters. The Balaban J connectivity index is 1.67. The van der Waals surface area contributed by atoms with Crippen molar-refractivity contribution in [3.05, 3.63) is 58.9 Å². The topological polar surface area (TPSA) is 53.5 Å². The fourth-order valence-electron chi connectivity index (χ4n) is 2.80. The van der Waals surface area contributed by atoms with Gasteiger partial charge in [0, 0.05) is 38.9 Å². The number of hydrogen-bond acceptors (Lipinski definition) is 4. The maximum absolute atomic E-state index is 12.8. The summed E-state index contributed by atoms with van der Waals surface area (Å²) in [6.45, 7) is 4.90. The average molecular weight is 366 g/mol. The molecular formula is C17H20ClN3O2S. The molecular weight excluding hydrogens is 346 g/mol. The average Bonchev–Trinajstić information content (AvgIpc) is 2.56. The molecule has 3 rings (SSSR count). The summed E-state index contributed by atoms with van der Waals surface area (Å²) >= 11 is 6.14. The van der Waals surface area contributed by atoms with Gasteiger partial charge in [-0.05, 0) is 36.8 Å². The molecule has 1 aromatic heterocycles. The lowest BCUT2D eigenvalue weighted by atomic mass is 10.2. The first-order valence-electron chi connectivity index (χ1n) is 7.85. The van der Waals surface area contributed by atoms with Crippen molar-refractivity contribution >= 4 is 21.6 Å². The van der Waals surface area contributed by atoms with Crippen LogP contribution in [0.4, 0.5) is 0 Å². The van der Waals surface area contributed by atoms with Gasteiger partial charge >= 0.3 is 0 Å². The van der Waals surface area contributed by atoms with E-state index in [2.05, 4.69) is 9.88 Å². The first-order chi connectivity index (χ1) is 11.5. The highest BCUT2D eigenvalue weighted by Gasteiger charge is 2.30. The second-order valence-corrected chi connectivity index (χ2v) is 8.25. The molecule has 1 aliphatic rings. The van der Waals surface area contributed by atoms with Crippen LogP contribution in [0.2, 0.25) is 5.02 Å². The summed E-state index contributed by atoms with van der Waals surface area (Å²) in [6, 6.07) is 10.9. The number of benzene rings is 1. The highest BCUT2D eigenvalue weighted by molar-refractivity contribution is 7.89. The van der Waals surface area contributed by atoms with E-state index in [9.17, 15) is 8.42 Å². The van der Waals surface area contributed by atoms with Gasteiger partial charge < -0.3 is 0 Å². The lowest BCUT2D eigenvalue weighted by Gasteiger charge is -2.33. The van der Waals surface area contributed by atoms with Crippen molar-refractivity contribution < 1.29 is 8.42 Å². The molecule has 5 nitrogen and oxygen atoms in total. The Morgan fingerprint density at radius 1 is 1.12 bits per heavy atom. The van der Waals surface area contributed by atoms with Gasteiger partial charge in [-0.3, -0.25) is 9.88 Å². The minimum Gasteiger partial charge on any atom is -0.295 e. The molecule has 1 aromatic carbocycles. The number of pyridine rings is 1. The van der Waals surface area contributed by atoms with E-state index < -0.39 is 10.0 Å². The zero-order valence-corrected chi connectivity index (χ0v) is 15.1. The van der Waals surface area contributed by atoms with Crippen LogP contribution in [0.3, 0.4) is 0 Å². The molecule has 1 aliphatic heterocycles. The summed E-state index contributed by atoms with van der Waals surface area (Å²) < 4.78 is 27.1. The number of aromatic nitrogens is 1. The predicted octanol–water partition coefficient (Wildman–Crippen LogP) is 2.55. The maximum Gasteiger partial charge on any atom is 0.244 e. The van der Waals surface area contributed by atoms with Crippen LogP contribution in [-0.4, -0.2) is 48.8 Å². The molecule has 0 unspecified atom stereocenters. The number of piperazine rings is 1. The Kier molecular flexibility index (Phi) is 5.20. The van der Waals surface area contributed by atoms with Crippen molar-refractivity contribution in [2.24, 2.45) is 0 Å². The molecule has 2 aromatic rings. The van der Waals surface area contributed by atoms with Crippen molar-refractivity contribution in [1.82, 2.24) is 14.2 Å². The second-order valence-electron chi connectivity index (χ2n) is 5.94. The molecule has 7 heteroatoms. The van der Waals surface area contributed by atoms with E-state index in [1.165, 1.54) is 4.31 Å². The van der Waals surface area contributed by atoms with E-state index in [1.54, 1.807) is 24.4 Å². The molecule has 0 N–H and O–H groups in total. The molecule has 0 aliphatic carbocycles. The number of aryl methyl sites for hydroxylation is 1. The van der Waals surface area contributed by atoms with Crippen molar-refractivity contribution in [3.63, 3.8) is 0 Å². The molecule has 0 amide bonds. The number of sulfonamides is 1. The summed E-state index contributed by atoms with van der Waals surface area (Å²) in [6.07, 6.45) is 1.77. The summed E-state index contributed by atoms with van der Waals surface area (Å²) in [5, 5.41) is 0.283. The van der Waals surface area contributed by atoms with E-state index in [0.717, 1.165) is 17.8 Å². The van der Waals surface area contributed by atoms with Crippen LogP contribution in [-0.2, 0) is 16.6 Å². The fourth-order valence-corrected chi connectivity index (χ4v) is 4.80. The van der Waals surface area contributed by atoms with E-state index in [4.69, 9.17) is 11.6 Å². The van der Waals surface area contributed by atoms with E-state index in [1.807, 2.05) is 25.1 Å². The van der Waals surface area contributed by atoms with Gasteiger partial charge in [0.15, 0.2) is 0 Å². The minimum atomic E-state index is -3.55. The second kappa shape index (κ2) is 7.19. The summed E-state index contributed by atoms with van der Waals surface area (Å²) in [5.41, 5.74) is 1.94. The Morgan fingerprint density at radius 3 is 2.50 bits per heavy atom. The molecule has 0 bridgehead atoms. The Morgan fingerprint density at radius 2 is 1.88 bits per heavy atom. The third-order valence-electron chi connectivity index (χ3n) is 4.15. The Hall–Kier alpha value is -1.47. The fraction of sp³-hybridized carbons (Fsp3) is 0.353. The van der Waals surface area contributed by atoms with Crippen LogP contribution in [0.5, 0.6) is 0 Å². The normalized spacial score (nSPS) is 17.1. The van der Waals surface area contributed by atoms with Crippen molar-refractivity contribution in [2.45, 2.75) is 18.4 Å². The van der Waals surface area contributed by atoms with Crippen LogP contribution in [0.1, 0.15) is 11.3 Å². The molecule has 0 radical (unpaired) electrons. The molecule has 0 saturated carbocycles. The highest BCUT2D eigenvalue weighted by Crippen LogP contribution is 2.26. The van der Waals surface area contributed by atoms with Crippen LogP contribution in [0.25, 0.3) is 0 Å². The standard InChI is InChI=1S/C17H20ClN3O2S/c1-14-5-6-17(16(18)12-14)24(22,23)21-10-8-20(9-11-21)13-15-4-2-3-7-19-15/h2-7,12H,8-11,13H2,1H3. The zero-order valence-electron chi connectivity index (χ0n) is 13.5. The Labute approximate surface area is 147 Å². The van der Waals surface area contributed by atoms with Gasteiger partial charge in [-0.2, -0.15) is 4.31 Å². The van der Waals surface area contributed by atoms with E-state index in [-0.39, 0.29) is 9.92 Å². The van der Waals surface area contributed by atoms with Crippen LogP contribution in [0, 0.1) is 6.92 Å². The van der Waals surface area contributed by atoms with Crippen molar-refractivity contribution in [3.8, 4) is 0 Å². The van der Waals surface area contributed by atoms with Gasteiger partial charge in [-0.15, -0.1) is 0 Å². The number of halogens is 1. The lowest BCUT2D eigenvalue weighted by molar-refractivity contribution is 0.180. The summed E-state index contributed by atoms with van der Waals surface area (Å²) in [4.78, 5) is 6.72. The van der Waals surface area contributed by atoms with E-state index in [0.29, 0.717) is 26.2 Å². The van der Waals surface area contributed by atoms with Gasteiger partial charge in [0.1, 0.15) is 4.90 Å². The third kappa shape index (κ3) is 3.78. The number of hydrogen-bond donors (Lipinski definition) is 0. The smallest absolute Gasteiger partial charge is 0.244 e. The first-order valence-corrected chi connectivity index (χ1v) is 9.67. The first kappa shape index (κ1) is 17.4. The van der Waals surface area contributed by atoms with Gasteiger partial charge in [-0.1, -0.05) is 23.7 Å². The molecule has 24 heavy (non-hydrogen) atoms. The molecule has 2 heterocycles. The van der Waals surface area contributed by atoms with Gasteiger partial charge in [0.25, 0.3) is 0 Å². The quantitative estimate of drug-likeness (QED) is 0.835. The molecule has 128 valence electrons. The predicted molar refractivity (Wildman–Crippen MR) is 94.5 cm³/mol. The molecule has 0 spiro atoms. The zero-order chi connectivity index (χ0) is 17.2. The minimum absolute atomic E-state index is 0.188. The van der Waals surface area contributed by atoms with E-state index >= 15 is 0 Å². The third-order valence-corrected chi connectivity index (χ3v) is 6.53. The molecule has 1 fully saturated rings. The van der Waals surface area contributed by atoms with Gasteiger partial charge in [-0.25, -0.2) is 8.42 Å².